The molecule has 1 heterocycles. The second-order valence-corrected chi connectivity index (χ2v) is 12.6. The van der Waals surface area contributed by atoms with E-state index in [9.17, 15) is 18.3 Å². The number of carboxylic acids is 1. The number of carbonyl (C=O) groups is 1. The molecule has 1 aliphatic rings. The van der Waals surface area contributed by atoms with Crippen LogP contribution in [0.3, 0.4) is 0 Å². The van der Waals surface area contributed by atoms with Gasteiger partial charge >= 0.3 is 5.97 Å². The molecular formula is C30H40O5S. The van der Waals surface area contributed by atoms with Crippen LogP contribution in [0, 0.1) is 0 Å². The average Bonchev–Trinajstić information content (AvgIpc) is 2.91. The summed E-state index contributed by atoms with van der Waals surface area (Å²) < 4.78 is 32.5. The lowest BCUT2D eigenvalue weighted by molar-refractivity contribution is 0.0697. The van der Waals surface area contributed by atoms with E-state index in [2.05, 4.69) is 20.8 Å². The Morgan fingerprint density at radius 1 is 1.06 bits per heavy atom. The first kappa shape index (κ1) is 28.0. The topological polar surface area (TPSA) is 80.7 Å². The van der Waals surface area contributed by atoms with Crippen LogP contribution in [-0.2, 0) is 15.3 Å². The summed E-state index contributed by atoms with van der Waals surface area (Å²) in [5, 5.41) is 9.18. The third-order valence-electron chi connectivity index (χ3n) is 7.08. The predicted octanol–water partition coefficient (Wildman–Crippen LogP) is 7.53. The van der Waals surface area contributed by atoms with Crippen molar-refractivity contribution in [3.63, 3.8) is 0 Å². The molecule has 0 atom stereocenters. The van der Waals surface area contributed by atoms with Crippen LogP contribution in [0.5, 0.6) is 5.75 Å². The summed E-state index contributed by atoms with van der Waals surface area (Å²) in [4.78, 5) is 11.6. The summed E-state index contributed by atoms with van der Waals surface area (Å²) in [6, 6.07) is 10.5. The molecule has 196 valence electrons. The van der Waals surface area contributed by atoms with Gasteiger partial charge in [0, 0.05) is 5.56 Å². The van der Waals surface area contributed by atoms with Gasteiger partial charge in [0.1, 0.15) is 5.75 Å². The number of benzene rings is 2. The highest BCUT2D eigenvalue weighted by molar-refractivity contribution is 7.91. The molecule has 2 aromatic carbocycles. The van der Waals surface area contributed by atoms with E-state index in [0.29, 0.717) is 23.7 Å². The van der Waals surface area contributed by atoms with Crippen molar-refractivity contribution in [1.82, 2.24) is 0 Å². The molecule has 0 aromatic heterocycles. The van der Waals surface area contributed by atoms with E-state index in [1.54, 1.807) is 30.3 Å². The Kier molecular flexibility index (Phi) is 9.40. The van der Waals surface area contributed by atoms with Crippen molar-refractivity contribution in [2.45, 2.75) is 89.4 Å². The van der Waals surface area contributed by atoms with Crippen LogP contribution in [-0.4, -0.2) is 31.9 Å². The molecule has 2 aromatic rings. The first-order chi connectivity index (χ1) is 17.0. The van der Waals surface area contributed by atoms with Gasteiger partial charge in [0.15, 0.2) is 9.84 Å². The molecular weight excluding hydrogens is 472 g/mol. The van der Waals surface area contributed by atoms with Crippen molar-refractivity contribution in [2.24, 2.45) is 0 Å². The molecule has 0 spiro atoms. The molecule has 0 radical (unpaired) electrons. The molecule has 0 saturated carbocycles. The molecule has 36 heavy (non-hydrogen) atoms. The molecule has 1 aliphatic heterocycles. The fourth-order valence-electron chi connectivity index (χ4n) is 4.84. The number of fused-ring (bicyclic) bond motifs is 1. The van der Waals surface area contributed by atoms with Gasteiger partial charge in [-0.1, -0.05) is 71.1 Å². The van der Waals surface area contributed by atoms with Crippen molar-refractivity contribution in [1.29, 1.82) is 0 Å². The third kappa shape index (κ3) is 7.00. The van der Waals surface area contributed by atoms with E-state index in [1.165, 1.54) is 25.7 Å². The Labute approximate surface area is 216 Å². The Bertz CT molecular complexity index is 1190. The molecule has 1 N–H and O–H groups in total. The largest absolute Gasteiger partial charge is 0.493 e. The zero-order valence-corrected chi connectivity index (χ0v) is 22.9. The highest BCUT2D eigenvalue weighted by atomic mass is 32.2. The number of hydrogen-bond acceptors (Lipinski definition) is 4. The van der Waals surface area contributed by atoms with Crippen molar-refractivity contribution >= 4 is 27.5 Å². The molecule has 0 aliphatic carbocycles. The zero-order chi connectivity index (χ0) is 26.3. The van der Waals surface area contributed by atoms with Crippen LogP contribution in [0.15, 0.2) is 41.3 Å². The van der Waals surface area contributed by atoms with Gasteiger partial charge in [0.2, 0.25) is 0 Å². The van der Waals surface area contributed by atoms with E-state index >= 15 is 0 Å². The van der Waals surface area contributed by atoms with Crippen molar-refractivity contribution in [2.75, 3.05) is 12.4 Å². The summed E-state index contributed by atoms with van der Waals surface area (Å²) in [6.07, 6.45) is 10.3. The Balaban J connectivity index is 1.98. The first-order valence-corrected chi connectivity index (χ1v) is 14.8. The summed E-state index contributed by atoms with van der Waals surface area (Å²) in [6.45, 7) is 8.95. The van der Waals surface area contributed by atoms with Gasteiger partial charge in [-0.2, -0.15) is 0 Å². The fraction of sp³-hybridized carbons (Fsp3) is 0.500. The smallest absolute Gasteiger partial charge is 0.335 e. The number of carboxylic acid groups (broad SMARTS) is 1. The number of rotatable bonds is 11. The number of hydrogen-bond donors (Lipinski definition) is 1. The highest BCUT2D eigenvalue weighted by Crippen LogP contribution is 2.42. The Morgan fingerprint density at radius 2 is 1.72 bits per heavy atom. The summed E-state index contributed by atoms with van der Waals surface area (Å²) in [5.41, 5.74) is 3.51. The molecule has 0 unspecified atom stereocenters. The van der Waals surface area contributed by atoms with Crippen LogP contribution >= 0.6 is 0 Å². The molecule has 3 rings (SSSR count). The maximum absolute atomic E-state index is 13.2. The minimum atomic E-state index is -3.39. The van der Waals surface area contributed by atoms with Gasteiger partial charge < -0.3 is 9.84 Å². The van der Waals surface area contributed by atoms with Crippen LogP contribution < -0.4 is 4.74 Å². The van der Waals surface area contributed by atoms with E-state index in [1.807, 2.05) is 19.1 Å². The van der Waals surface area contributed by atoms with E-state index in [0.717, 1.165) is 41.5 Å². The fourth-order valence-corrected chi connectivity index (χ4v) is 6.54. The maximum Gasteiger partial charge on any atom is 0.335 e. The highest BCUT2D eigenvalue weighted by Gasteiger charge is 2.34. The van der Waals surface area contributed by atoms with Gasteiger partial charge in [0.05, 0.1) is 22.8 Å². The number of sulfone groups is 1. The van der Waals surface area contributed by atoms with E-state index in [-0.39, 0.29) is 16.7 Å². The maximum atomic E-state index is 13.2. The second kappa shape index (κ2) is 12.1. The standard InChI is InChI=1S/C30H40O5S/c1-5-6-7-8-9-10-17-35-27-21-28-26(30(3,4)16-11-18-36(28,33)34)20-25(27)22(2)19-23-12-14-24(15-13-23)29(31)32/h12-15,19-21H,5-11,16-18H2,1-4H3,(H,31,32). The van der Waals surface area contributed by atoms with Gasteiger partial charge in [-0.05, 0) is 72.6 Å². The lowest BCUT2D eigenvalue weighted by atomic mass is 9.79. The summed E-state index contributed by atoms with van der Waals surface area (Å²) in [5.74, 6) is -0.203. The van der Waals surface area contributed by atoms with Gasteiger partial charge in [-0.3, -0.25) is 0 Å². The minimum Gasteiger partial charge on any atom is -0.493 e. The molecule has 0 bridgehead atoms. The van der Waals surface area contributed by atoms with Gasteiger partial charge in [0.25, 0.3) is 0 Å². The van der Waals surface area contributed by atoms with Crippen molar-refractivity contribution < 1.29 is 23.1 Å². The van der Waals surface area contributed by atoms with Gasteiger partial charge in [-0.25, -0.2) is 13.2 Å². The van der Waals surface area contributed by atoms with Gasteiger partial charge in [-0.15, -0.1) is 0 Å². The summed E-state index contributed by atoms with van der Waals surface area (Å²) >= 11 is 0. The third-order valence-corrected chi connectivity index (χ3v) is 8.92. The number of unbranched alkanes of at least 4 members (excludes halogenated alkanes) is 5. The molecule has 5 nitrogen and oxygen atoms in total. The molecule has 0 fully saturated rings. The number of aromatic carboxylic acids is 1. The lowest BCUT2D eigenvalue weighted by Gasteiger charge is -2.26. The van der Waals surface area contributed by atoms with Crippen LogP contribution in [0.1, 0.15) is 106 Å². The molecule has 0 amide bonds. The Hall–Kier alpha value is -2.60. The zero-order valence-electron chi connectivity index (χ0n) is 22.1. The quantitative estimate of drug-likeness (QED) is 0.249. The predicted molar refractivity (Wildman–Crippen MR) is 147 cm³/mol. The van der Waals surface area contributed by atoms with Crippen LogP contribution in [0.25, 0.3) is 11.6 Å². The monoisotopic (exact) mass is 512 g/mol. The minimum absolute atomic E-state index is 0.157. The van der Waals surface area contributed by atoms with E-state index < -0.39 is 15.8 Å². The molecule has 0 saturated heterocycles. The number of ether oxygens (including phenoxy) is 1. The van der Waals surface area contributed by atoms with Crippen LogP contribution in [0.4, 0.5) is 0 Å². The number of allylic oxidation sites excluding steroid dienone is 1. The van der Waals surface area contributed by atoms with Crippen molar-refractivity contribution in [3.8, 4) is 5.75 Å². The van der Waals surface area contributed by atoms with E-state index in [4.69, 9.17) is 4.74 Å². The average molecular weight is 513 g/mol. The SMILES string of the molecule is CCCCCCCCOc1cc2c(cc1C(C)=Cc1ccc(C(=O)O)cc1)C(C)(C)CCCS2(=O)=O. The molecule has 6 heteroatoms. The Morgan fingerprint density at radius 3 is 2.39 bits per heavy atom. The normalized spacial score (nSPS) is 16.7. The first-order valence-electron chi connectivity index (χ1n) is 13.1. The lowest BCUT2D eigenvalue weighted by Crippen LogP contribution is -2.18. The summed E-state index contributed by atoms with van der Waals surface area (Å²) in [7, 11) is -3.39. The van der Waals surface area contributed by atoms with Crippen molar-refractivity contribution in [3.05, 3.63) is 58.7 Å². The second-order valence-electron chi connectivity index (χ2n) is 10.5. The van der Waals surface area contributed by atoms with Crippen LogP contribution in [0.2, 0.25) is 0 Å².